The first-order valence-electron chi connectivity index (χ1n) is 11.2. The maximum atomic E-state index is 13.7. The zero-order valence-electron chi connectivity index (χ0n) is 19.9. The molecule has 1 aliphatic heterocycles. The Hall–Kier alpha value is -4.13. The molecule has 4 rings (SSSR count). The van der Waals surface area contributed by atoms with E-state index in [0.717, 1.165) is 5.56 Å². The molecule has 1 heterocycles. The largest absolute Gasteiger partial charge is 0.507 e. The van der Waals surface area contributed by atoms with Crippen LogP contribution in [-0.4, -0.2) is 31.0 Å². The van der Waals surface area contributed by atoms with Gasteiger partial charge in [0, 0.05) is 11.3 Å². The summed E-state index contributed by atoms with van der Waals surface area (Å²) in [5.41, 5.74) is 2.09. The Balaban J connectivity index is 1.92. The standard InChI is InChI=1S/C28H26FNO5/c1-16(2)22-15-18(7-14-23(22)35-4)26(31)24-25(17-5-8-19(29)9-6-17)30(28(33)27(24)32)20-10-12-21(34-3)13-11-20/h5-16,25,31H,1-4H3/b26-24-. The SMILES string of the molecule is COc1ccc(N2C(=O)C(=O)/C(=C(\O)c3ccc(OC)c(C(C)C)c3)C2c2ccc(F)cc2)cc1. The number of carbonyl (C=O) groups is 2. The van der Waals surface area contributed by atoms with E-state index in [9.17, 15) is 19.1 Å². The lowest BCUT2D eigenvalue weighted by molar-refractivity contribution is -0.132. The van der Waals surface area contributed by atoms with Crippen LogP contribution in [0.5, 0.6) is 11.5 Å². The quantitative estimate of drug-likeness (QED) is 0.286. The third-order valence-electron chi connectivity index (χ3n) is 6.11. The number of Topliss-reactive ketones (excluding diaryl/α,β-unsaturated/α-hetero) is 1. The topological polar surface area (TPSA) is 76.1 Å². The molecule has 1 atom stereocenters. The second-order valence-electron chi connectivity index (χ2n) is 8.53. The zero-order chi connectivity index (χ0) is 25.3. The summed E-state index contributed by atoms with van der Waals surface area (Å²) < 4.78 is 24.3. The fourth-order valence-corrected chi connectivity index (χ4v) is 4.29. The normalized spacial score (nSPS) is 17.2. The summed E-state index contributed by atoms with van der Waals surface area (Å²) in [6.07, 6.45) is 0. The summed E-state index contributed by atoms with van der Waals surface area (Å²) in [4.78, 5) is 27.8. The highest BCUT2D eigenvalue weighted by atomic mass is 19.1. The van der Waals surface area contributed by atoms with E-state index in [4.69, 9.17) is 9.47 Å². The van der Waals surface area contributed by atoms with E-state index in [0.29, 0.717) is 28.3 Å². The molecule has 180 valence electrons. The molecule has 3 aromatic carbocycles. The summed E-state index contributed by atoms with van der Waals surface area (Å²) in [5.74, 6) is -1.04. The van der Waals surface area contributed by atoms with Crippen molar-refractivity contribution in [2.75, 3.05) is 19.1 Å². The van der Waals surface area contributed by atoms with Crippen LogP contribution in [0.1, 0.15) is 42.5 Å². The summed E-state index contributed by atoms with van der Waals surface area (Å²) in [7, 11) is 3.09. The van der Waals surface area contributed by atoms with E-state index in [-0.39, 0.29) is 17.3 Å². The summed E-state index contributed by atoms with van der Waals surface area (Å²) in [5, 5.41) is 11.4. The van der Waals surface area contributed by atoms with Gasteiger partial charge in [0.2, 0.25) is 0 Å². The molecule has 35 heavy (non-hydrogen) atoms. The lowest BCUT2D eigenvalue weighted by Crippen LogP contribution is -2.29. The first-order valence-corrected chi connectivity index (χ1v) is 11.2. The Morgan fingerprint density at radius 3 is 2.17 bits per heavy atom. The average Bonchev–Trinajstić information content (AvgIpc) is 3.13. The fraction of sp³-hybridized carbons (Fsp3) is 0.214. The number of carbonyl (C=O) groups excluding carboxylic acids is 2. The van der Waals surface area contributed by atoms with Gasteiger partial charge in [-0.1, -0.05) is 26.0 Å². The summed E-state index contributed by atoms with van der Waals surface area (Å²) in [6.45, 7) is 3.98. The number of ketones is 1. The maximum absolute atomic E-state index is 13.7. The first-order chi connectivity index (χ1) is 16.8. The van der Waals surface area contributed by atoms with Crippen molar-refractivity contribution >= 4 is 23.1 Å². The van der Waals surface area contributed by atoms with E-state index in [1.807, 2.05) is 13.8 Å². The zero-order valence-corrected chi connectivity index (χ0v) is 19.9. The van der Waals surface area contributed by atoms with Gasteiger partial charge >= 0.3 is 0 Å². The van der Waals surface area contributed by atoms with Crippen LogP contribution in [-0.2, 0) is 9.59 Å². The third-order valence-corrected chi connectivity index (χ3v) is 6.11. The average molecular weight is 476 g/mol. The van der Waals surface area contributed by atoms with Gasteiger partial charge in [-0.25, -0.2) is 4.39 Å². The lowest BCUT2D eigenvalue weighted by Gasteiger charge is -2.25. The van der Waals surface area contributed by atoms with E-state index in [1.54, 1.807) is 49.6 Å². The number of hydrogen-bond donors (Lipinski definition) is 1. The molecule has 0 aromatic heterocycles. The minimum atomic E-state index is -0.950. The van der Waals surface area contributed by atoms with Crippen LogP contribution in [0.2, 0.25) is 0 Å². The Morgan fingerprint density at radius 1 is 0.943 bits per heavy atom. The number of nitrogens with zero attached hydrogens (tertiary/aromatic N) is 1. The molecule has 1 aliphatic rings. The number of hydrogen-bond acceptors (Lipinski definition) is 5. The highest BCUT2D eigenvalue weighted by molar-refractivity contribution is 6.51. The fourth-order valence-electron chi connectivity index (χ4n) is 4.29. The van der Waals surface area contributed by atoms with Gasteiger partial charge in [0.15, 0.2) is 0 Å². The van der Waals surface area contributed by atoms with E-state index >= 15 is 0 Å². The molecular weight excluding hydrogens is 449 g/mol. The Morgan fingerprint density at radius 2 is 1.60 bits per heavy atom. The summed E-state index contributed by atoms with van der Waals surface area (Å²) >= 11 is 0. The van der Waals surface area contributed by atoms with Crippen LogP contribution in [0.4, 0.5) is 10.1 Å². The van der Waals surface area contributed by atoms with Crippen LogP contribution in [0.3, 0.4) is 0 Å². The number of benzene rings is 3. The van der Waals surface area contributed by atoms with Crippen molar-refractivity contribution in [1.82, 2.24) is 0 Å². The molecule has 6 nitrogen and oxygen atoms in total. The highest BCUT2D eigenvalue weighted by Crippen LogP contribution is 2.43. The molecule has 0 saturated carbocycles. The third kappa shape index (κ3) is 4.37. The molecule has 1 fully saturated rings. The molecular formula is C28H26FNO5. The molecule has 0 spiro atoms. The highest BCUT2D eigenvalue weighted by Gasteiger charge is 2.47. The second kappa shape index (κ2) is 9.62. The maximum Gasteiger partial charge on any atom is 0.300 e. The number of aliphatic hydroxyl groups excluding tert-OH is 1. The van der Waals surface area contributed by atoms with Gasteiger partial charge in [-0.3, -0.25) is 14.5 Å². The second-order valence-corrected chi connectivity index (χ2v) is 8.53. The van der Waals surface area contributed by atoms with Crippen molar-refractivity contribution < 1.29 is 28.6 Å². The van der Waals surface area contributed by atoms with Gasteiger partial charge in [-0.15, -0.1) is 0 Å². The smallest absolute Gasteiger partial charge is 0.300 e. The number of rotatable bonds is 6. The van der Waals surface area contributed by atoms with Gasteiger partial charge in [0.05, 0.1) is 25.8 Å². The van der Waals surface area contributed by atoms with Crippen LogP contribution in [0.15, 0.2) is 72.3 Å². The number of amides is 1. The van der Waals surface area contributed by atoms with Crippen molar-refractivity contribution in [3.63, 3.8) is 0 Å². The van der Waals surface area contributed by atoms with Gasteiger partial charge in [0.25, 0.3) is 11.7 Å². The predicted molar refractivity (Wildman–Crippen MR) is 131 cm³/mol. The van der Waals surface area contributed by atoms with Crippen molar-refractivity contribution in [1.29, 1.82) is 0 Å². The molecule has 1 saturated heterocycles. The Bertz CT molecular complexity index is 1300. The van der Waals surface area contributed by atoms with E-state index in [1.165, 1.54) is 36.3 Å². The molecule has 0 radical (unpaired) electrons. The van der Waals surface area contributed by atoms with Crippen LogP contribution < -0.4 is 14.4 Å². The number of anilines is 1. The lowest BCUT2D eigenvalue weighted by atomic mass is 9.93. The van der Waals surface area contributed by atoms with Crippen LogP contribution in [0, 0.1) is 5.82 Å². The van der Waals surface area contributed by atoms with Crippen molar-refractivity contribution in [2.45, 2.75) is 25.8 Å². The van der Waals surface area contributed by atoms with E-state index < -0.39 is 23.5 Å². The minimum Gasteiger partial charge on any atom is -0.507 e. The number of halogens is 1. The summed E-state index contributed by atoms with van der Waals surface area (Å²) in [6, 6.07) is 16.3. The van der Waals surface area contributed by atoms with Crippen LogP contribution in [0.25, 0.3) is 5.76 Å². The van der Waals surface area contributed by atoms with Crippen molar-refractivity contribution in [3.05, 3.63) is 94.8 Å². The monoisotopic (exact) mass is 475 g/mol. The first kappa shape index (κ1) is 24.0. The molecule has 1 amide bonds. The molecule has 7 heteroatoms. The Kier molecular flexibility index (Phi) is 6.60. The Labute approximate surface area is 203 Å². The predicted octanol–water partition coefficient (Wildman–Crippen LogP) is 5.59. The molecule has 1 N–H and O–H groups in total. The minimum absolute atomic E-state index is 0.0719. The molecule has 1 unspecified atom stereocenters. The molecule has 3 aromatic rings. The number of ether oxygens (including phenoxy) is 2. The molecule has 0 aliphatic carbocycles. The van der Waals surface area contributed by atoms with Crippen molar-refractivity contribution in [3.8, 4) is 11.5 Å². The van der Waals surface area contributed by atoms with Crippen molar-refractivity contribution in [2.24, 2.45) is 0 Å². The number of aliphatic hydroxyl groups is 1. The van der Waals surface area contributed by atoms with Gasteiger partial charge in [-0.2, -0.15) is 0 Å². The number of methoxy groups -OCH3 is 2. The van der Waals surface area contributed by atoms with Gasteiger partial charge in [0.1, 0.15) is 23.1 Å². The van der Waals surface area contributed by atoms with Gasteiger partial charge < -0.3 is 14.6 Å². The van der Waals surface area contributed by atoms with Gasteiger partial charge in [-0.05, 0) is 71.6 Å². The van der Waals surface area contributed by atoms with E-state index in [2.05, 4.69) is 0 Å². The molecule has 0 bridgehead atoms. The van der Waals surface area contributed by atoms with Crippen LogP contribution >= 0.6 is 0 Å².